The molecule has 0 fully saturated rings. The first-order valence-corrected chi connectivity index (χ1v) is 17.7. The van der Waals surface area contributed by atoms with Crippen LogP contribution in [0.15, 0.2) is 218 Å². The fourth-order valence-corrected chi connectivity index (χ4v) is 6.24. The minimum Gasteiger partial charge on any atom is -0.611 e. The lowest BCUT2D eigenvalue weighted by atomic mass is 10.00. The van der Waals surface area contributed by atoms with Crippen LogP contribution in [0.4, 0.5) is 0 Å². The molecule has 0 aliphatic carbocycles. The molecule has 0 bridgehead atoms. The predicted molar refractivity (Wildman–Crippen MR) is 216 cm³/mol. The Labute approximate surface area is 310 Å². The Balaban J connectivity index is 1.18. The molecule has 8 aromatic rings. The summed E-state index contributed by atoms with van der Waals surface area (Å²) in [5.41, 5.74) is 8.66. The molecule has 0 saturated carbocycles. The normalized spacial score (nSPS) is 11.0. The lowest BCUT2D eigenvalue weighted by Gasteiger charge is -2.41. The standard InChI is InChI=1S/C48H36BO4/c1-5-13-37(14-6-1)41-21-29-45(30-22-41)50-49(51-46-31-23-42(24-32-46)38-15-7-2-8-16-38,52-47-33-25-43(26-34-47)39-17-9-3-10-18-39)53-48-35-27-44(28-36-48)40-19-11-4-12-20-40/h1-36H/q-1. The molecule has 0 aliphatic heterocycles. The number of hydrogen-bond donors (Lipinski definition) is 0. The van der Waals surface area contributed by atoms with Crippen molar-refractivity contribution in [2.75, 3.05) is 0 Å². The van der Waals surface area contributed by atoms with Crippen molar-refractivity contribution in [2.24, 2.45) is 0 Å². The second-order valence-corrected chi connectivity index (χ2v) is 12.6. The van der Waals surface area contributed by atoms with Gasteiger partial charge in [-0.05, 0) is 93.0 Å². The summed E-state index contributed by atoms with van der Waals surface area (Å²) in [6.45, 7) is -3.01. The maximum Gasteiger partial charge on any atom is 0.777 e. The van der Waals surface area contributed by atoms with Gasteiger partial charge in [-0.15, -0.1) is 0 Å². The van der Waals surface area contributed by atoms with Crippen molar-refractivity contribution < 1.29 is 18.6 Å². The van der Waals surface area contributed by atoms with Crippen LogP contribution in [-0.2, 0) is 0 Å². The maximum absolute atomic E-state index is 6.75. The van der Waals surface area contributed by atoms with Gasteiger partial charge in [0.25, 0.3) is 0 Å². The van der Waals surface area contributed by atoms with Crippen LogP contribution in [0.3, 0.4) is 0 Å². The molecule has 0 heterocycles. The van der Waals surface area contributed by atoms with Gasteiger partial charge in [0.1, 0.15) is 0 Å². The molecule has 53 heavy (non-hydrogen) atoms. The SMILES string of the molecule is c1ccc(-c2ccc(O[B-](Oc3ccc(-c4ccccc4)cc3)(Oc3ccc(-c4ccccc4)cc3)Oc3ccc(-c4ccccc4)cc3)cc2)cc1. The largest absolute Gasteiger partial charge is 0.777 e. The van der Waals surface area contributed by atoms with Crippen molar-refractivity contribution in [2.45, 2.75) is 0 Å². The summed E-state index contributed by atoms with van der Waals surface area (Å²) in [5, 5.41) is 0. The van der Waals surface area contributed by atoms with E-state index in [4.69, 9.17) is 18.6 Å². The van der Waals surface area contributed by atoms with Gasteiger partial charge in [0.05, 0.1) is 23.0 Å². The van der Waals surface area contributed by atoms with Gasteiger partial charge in [0.15, 0.2) is 0 Å². The third-order valence-electron chi connectivity index (χ3n) is 8.97. The molecule has 0 radical (unpaired) electrons. The average molecular weight is 688 g/mol. The highest BCUT2D eigenvalue weighted by atomic mass is 16.9. The van der Waals surface area contributed by atoms with E-state index in [-0.39, 0.29) is 0 Å². The summed E-state index contributed by atoms with van der Waals surface area (Å²) in [6, 6.07) is 72.3. The molecular weight excluding hydrogens is 651 g/mol. The van der Waals surface area contributed by atoms with Crippen molar-refractivity contribution in [1.29, 1.82) is 0 Å². The van der Waals surface area contributed by atoms with Gasteiger partial charge in [0.2, 0.25) is 0 Å². The van der Waals surface area contributed by atoms with Crippen LogP contribution in [0, 0.1) is 0 Å². The van der Waals surface area contributed by atoms with E-state index in [1.807, 2.05) is 170 Å². The molecule has 8 aromatic carbocycles. The van der Waals surface area contributed by atoms with Crippen LogP contribution < -0.4 is 18.6 Å². The predicted octanol–water partition coefficient (Wildman–Crippen LogP) is 12.4. The van der Waals surface area contributed by atoms with E-state index in [2.05, 4.69) is 48.5 Å². The Morgan fingerprint density at radius 3 is 0.547 bits per heavy atom. The van der Waals surface area contributed by atoms with Crippen molar-refractivity contribution >= 4 is 6.96 Å². The molecule has 0 aromatic heterocycles. The molecule has 4 nitrogen and oxygen atoms in total. The molecule has 0 aliphatic rings. The highest BCUT2D eigenvalue weighted by Crippen LogP contribution is 2.32. The van der Waals surface area contributed by atoms with E-state index in [0.29, 0.717) is 23.0 Å². The van der Waals surface area contributed by atoms with Gasteiger partial charge in [-0.3, -0.25) is 0 Å². The van der Waals surface area contributed by atoms with Gasteiger partial charge in [-0.2, -0.15) is 0 Å². The first kappa shape index (κ1) is 33.2. The molecule has 0 amide bonds. The zero-order valence-electron chi connectivity index (χ0n) is 29.0. The fourth-order valence-electron chi connectivity index (χ4n) is 6.24. The van der Waals surface area contributed by atoms with E-state index < -0.39 is 6.96 Å². The Kier molecular flexibility index (Phi) is 9.71. The summed E-state index contributed by atoms with van der Waals surface area (Å²) >= 11 is 0. The highest BCUT2D eigenvalue weighted by molar-refractivity contribution is 6.57. The third kappa shape index (κ3) is 8.17. The van der Waals surface area contributed by atoms with Crippen LogP contribution in [0.2, 0.25) is 0 Å². The Hall–Kier alpha value is -6.98. The first-order chi connectivity index (χ1) is 26.2. The summed E-state index contributed by atoms with van der Waals surface area (Å²) in [4.78, 5) is 0. The molecular formula is C48H36BO4-. The lowest BCUT2D eigenvalue weighted by molar-refractivity contribution is 0.161. The zero-order chi connectivity index (χ0) is 35.7. The molecule has 0 atom stereocenters. The van der Waals surface area contributed by atoms with Crippen molar-refractivity contribution in [1.82, 2.24) is 0 Å². The van der Waals surface area contributed by atoms with E-state index in [0.717, 1.165) is 44.5 Å². The second-order valence-electron chi connectivity index (χ2n) is 12.6. The zero-order valence-corrected chi connectivity index (χ0v) is 29.0. The summed E-state index contributed by atoms with van der Waals surface area (Å²) < 4.78 is 27.0. The molecule has 5 heteroatoms. The minimum absolute atomic E-state index is 0.521. The molecule has 0 saturated heterocycles. The van der Waals surface area contributed by atoms with E-state index in [1.165, 1.54) is 0 Å². The van der Waals surface area contributed by atoms with Crippen LogP contribution in [-0.4, -0.2) is 6.96 Å². The number of benzene rings is 8. The third-order valence-corrected chi connectivity index (χ3v) is 8.97. The van der Waals surface area contributed by atoms with Gasteiger partial charge in [-0.25, -0.2) is 0 Å². The average Bonchev–Trinajstić information content (AvgIpc) is 3.23. The minimum atomic E-state index is -3.01. The van der Waals surface area contributed by atoms with Crippen LogP contribution in [0.5, 0.6) is 23.0 Å². The quantitative estimate of drug-likeness (QED) is 0.120. The molecule has 256 valence electrons. The van der Waals surface area contributed by atoms with Crippen LogP contribution in [0.1, 0.15) is 0 Å². The topological polar surface area (TPSA) is 36.9 Å². The van der Waals surface area contributed by atoms with Crippen LogP contribution >= 0.6 is 0 Å². The van der Waals surface area contributed by atoms with Crippen molar-refractivity contribution in [3.63, 3.8) is 0 Å². The molecule has 8 rings (SSSR count). The highest BCUT2D eigenvalue weighted by Gasteiger charge is 2.43. The summed E-state index contributed by atoms with van der Waals surface area (Å²) in [5.74, 6) is 2.08. The Morgan fingerprint density at radius 2 is 0.358 bits per heavy atom. The van der Waals surface area contributed by atoms with Crippen molar-refractivity contribution in [3.05, 3.63) is 218 Å². The monoisotopic (exact) mass is 687 g/mol. The summed E-state index contributed by atoms with van der Waals surface area (Å²) in [6.07, 6.45) is 0. The fraction of sp³-hybridized carbons (Fsp3) is 0. The van der Waals surface area contributed by atoms with Gasteiger partial charge >= 0.3 is 6.96 Å². The van der Waals surface area contributed by atoms with E-state index in [9.17, 15) is 0 Å². The Bertz CT molecular complexity index is 1990. The second kappa shape index (κ2) is 15.5. The lowest BCUT2D eigenvalue weighted by Crippen LogP contribution is -2.60. The first-order valence-electron chi connectivity index (χ1n) is 17.7. The molecule has 0 N–H and O–H groups in total. The van der Waals surface area contributed by atoms with Gasteiger partial charge < -0.3 is 18.6 Å². The van der Waals surface area contributed by atoms with Crippen LogP contribution in [0.25, 0.3) is 44.5 Å². The van der Waals surface area contributed by atoms with Gasteiger partial charge in [0, 0.05) is 0 Å². The number of hydrogen-bond acceptors (Lipinski definition) is 4. The summed E-state index contributed by atoms with van der Waals surface area (Å²) in [7, 11) is 0. The van der Waals surface area contributed by atoms with E-state index in [1.54, 1.807) is 0 Å². The van der Waals surface area contributed by atoms with Crippen molar-refractivity contribution in [3.8, 4) is 67.5 Å². The molecule has 0 spiro atoms. The number of rotatable bonds is 12. The Morgan fingerprint density at radius 1 is 0.189 bits per heavy atom. The maximum atomic E-state index is 6.75. The van der Waals surface area contributed by atoms with Gasteiger partial charge in [-0.1, -0.05) is 170 Å². The van der Waals surface area contributed by atoms with E-state index >= 15 is 0 Å². The smallest absolute Gasteiger partial charge is 0.611 e. The molecule has 0 unspecified atom stereocenters.